The molecule has 0 N–H and O–H groups in total. The number of allylic oxidation sites excluding steroid dienone is 2. The normalized spacial score (nSPS) is 13.2. The van der Waals surface area contributed by atoms with Gasteiger partial charge in [0.2, 0.25) is 6.79 Å². The Kier molecular flexibility index (Phi) is 4.19. The Morgan fingerprint density at radius 2 is 2.00 bits per heavy atom. The molecule has 0 spiro atoms. The van der Waals surface area contributed by atoms with Crippen LogP contribution in [0.1, 0.15) is 24.8 Å². The van der Waals surface area contributed by atoms with Gasteiger partial charge in [-0.1, -0.05) is 24.3 Å². The number of para-hydroxylation sites is 1. The van der Waals surface area contributed by atoms with E-state index in [0.29, 0.717) is 13.2 Å². The van der Waals surface area contributed by atoms with Crippen molar-refractivity contribution in [2.75, 3.05) is 6.79 Å². The highest BCUT2D eigenvalue weighted by Crippen LogP contribution is 2.35. The van der Waals surface area contributed by atoms with E-state index in [0.717, 1.165) is 37.0 Å². The molecule has 0 atom stereocenters. The first-order valence-electron chi connectivity index (χ1n) is 5.88. The lowest BCUT2D eigenvalue weighted by Gasteiger charge is -2.03. The van der Waals surface area contributed by atoms with Gasteiger partial charge in [0, 0.05) is 6.42 Å². The molecule has 0 aromatic heterocycles. The maximum Gasteiger partial charge on any atom is 0.231 e. The monoisotopic (exact) mass is 232 g/mol. The van der Waals surface area contributed by atoms with Gasteiger partial charge in [-0.2, -0.15) is 0 Å². The van der Waals surface area contributed by atoms with Crippen LogP contribution in [0.3, 0.4) is 0 Å². The van der Waals surface area contributed by atoms with Crippen molar-refractivity contribution in [2.45, 2.75) is 25.7 Å². The number of unbranched alkanes of at least 4 members (excludes halogenated alkanes) is 1. The second-order valence-corrected chi connectivity index (χ2v) is 3.91. The van der Waals surface area contributed by atoms with Gasteiger partial charge in [-0.05, 0) is 30.9 Å². The summed E-state index contributed by atoms with van der Waals surface area (Å²) in [6.45, 7) is 0.321. The molecule has 1 aliphatic heterocycles. The lowest BCUT2D eigenvalue weighted by molar-refractivity contribution is -0.107. The molecule has 0 radical (unpaired) electrons. The fraction of sp³-hybridized carbons (Fsp3) is 0.357. The summed E-state index contributed by atoms with van der Waals surface area (Å²) in [5.74, 6) is 1.72. The summed E-state index contributed by atoms with van der Waals surface area (Å²) < 4.78 is 10.8. The summed E-state index contributed by atoms with van der Waals surface area (Å²) in [6, 6.07) is 5.97. The Morgan fingerprint density at radius 1 is 1.12 bits per heavy atom. The minimum Gasteiger partial charge on any atom is -0.454 e. The van der Waals surface area contributed by atoms with Gasteiger partial charge in [0.25, 0.3) is 0 Å². The van der Waals surface area contributed by atoms with Crippen molar-refractivity contribution < 1.29 is 14.3 Å². The maximum absolute atomic E-state index is 10.1. The van der Waals surface area contributed by atoms with Crippen molar-refractivity contribution in [2.24, 2.45) is 0 Å². The van der Waals surface area contributed by atoms with Crippen LogP contribution in [0.4, 0.5) is 0 Å². The topological polar surface area (TPSA) is 35.5 Å². The average Bonchev–Trinajstić information content (AvgIpc) is 2.82. The summed E-state index contributed by atoms with van der Waals surface area (Å²) in [5, 5.41) is 0. The molecular weight excluding hydrogens is 216 g/mol. The first-order valence-corrected chi connectivity index (χ1v) is 5.88. The molecule has 0 saturated heterocycles. The molecule has 17 heavy (non-hydrogen) atoms. The number of carbonyl (C=O) groups is 1. The molecule has 0 unspecified atom stereocenters. The summed E-state index contributed by atoms with van der Waals surface area (Å²) in [7, 11) is 0. The van der Waals surface area contributed by atoms with Crippen LogP contribution in [0.2, 0.25) is 0 Å². The number of hydrogen-bond acceptors (Lipinski definition) is 3. The highest BCUT2D eigenvalue weighted by atomic mass is 16.7. The molecule has 0 bridgehead atoms. The van der Waals surface area contributed by atoms with Gasteiger partial charge in [0.1, 0.15) is 6.29 Å². The van der Waals surface area contributed by atoms with Gasteiger partial charge in [-0.3, -0.25) is 0 Å². The molecule has 3 heteroatoms. The highest BCUT2D eigenvalue weighted by Gasteiger charge is 2.16. The summed E-state index contributed by atoms with van der Waals surface area (Å²) in [5.41, 5.74) is 1.18. The molecule has 0 saturated carbocycles. The SMILES string of the molecule is O=CCC/C=C/CCc1cccc2c1OCO2. The summed E-state index contributed by atoms with van der Waals surface area (Å²) in [4.78, 5) is 10.1. The van der Waals surface area contributed by atoms with Gasteiger partial charge in [0.15, 0.2) is 11.5 Å². The molecule has 0 aliphatic carbocycles. The number of rotatable bonds is 6. The standard InChI is InChI=1S/C14H16O3/c15-10-5-3-1-2-4-7-12-8-6-9-13-14(12)17-11-16-13/h1-2,6,8-10H,3-5,7,11H2/b2-1+. The Labute approximate surface area is 101 Å². The van der Waals surface area contributed by atoms with E-state index < -0.39 is 0 Å². The van der Waals surface area contributed by atoms with Crippen molar-refractivity contribution >= 4 is 6.29 Å². The molecule has 0 fully saturated rings. The molecular formula is C14H16O3. The first-order chi connectivity index (χ1) is 8.42. The molecule has 2 rings (SSSR count). The molecule has 1 heterocycles. The largest absolute Gasteiger partial charge is 0.454 e. The Balaban J connectivity index is 1.85. The fourth-order valence-electron chi connectivity index (χ4n) is 1.83. The third-order valence-corrected chi connectivity index (χ3v) is 2.68. The highest BCUT2D eigenvalue weighted by molar-refractivity contribution is 5.49. The fourth-order valence-corrected chi connectivity index (χ4v) is 1.83. The number of aldehydes is 1. The number of fused-ring (bicyclic) bond motifs is 1. The van der Waals surface area contributed by atoms with Crippen LogP contribution in [0.25, 0.3) is 0 Å². The van der Waals surface area contributed by atoms with Gasteiger partial charge in [-0.25, -0.2) is 0 Å². The molecule has 1 aromatic rings. The van der Waals surface area contributed by atoms with E-state index in [1.54, 1.807) is 0 Å². The van der Waals surface area contributed by atoms with Crippen LogP contribution in [0, 0.1) is 0 Å². The van der Waals surface area contributed by atoms with E-state index in [-0.39, 0.29) is 0 Å². The first kappa shape index (κ1) is 11.7. The predicted octanol–water partition coefficient (Wildman–Crippen LogP) is 2.88. The second-order valence-electron chi connectivity index (χ2n) is 3.91. The summed E-state index contributed by atoms with van der Waals surface area (Å²) in [6.07, 6.45) is 8.43. The number of carbonyl (C=O) groups excluding carboxylic acids is 1. The zero-order chi connectivity index (χ0) is 11.9. The summed E-state index contributed by atoms with van der Waals surface area (Å²) >= 11 is 0. The van der Waals surface area contributed by atoms with Crippen LogP contribution >= 0.6 is 0 Å². The molecule has 1 aromatic carbocycles. The van der Waals surface area contributed by atoms with E-state index in [1.165, 1.54) is 5.56 Å². The zero-order valence-electron chi connectivity index (χ0n) is 9.72. The second kappa shape index (κ2) is 6.09. The van der Waals surface area contributed by atoms with Crippen molar-refractivity contribution in [3.8, 4) is 11.5 Å². The number of ether oxygens (including phenoxy) is 2. The van der Waals surface area contributed by atoms with Crippen molar-refractivity contribution in [3.63, 3.8) is 0 Å². The van der Waals surface area contributed by atoms with Gasteiger partial charge in [0.05, 0.1) is 0 Å². The van der Waals surface area contributed by atoms with Gasteiger partial charge < -0.3 is 14.3 Å². The third kappa shape index (κ3) is 3.09. The van der Waals surface area contributed by atoms with Crippen LogP contribution in [-0.4, -0.2) is 13.1 Å². The van der Waals surface area contributed by atoms with Crippen molar-refractivity contribution in [1.29, 1.82) is 0 Å². The van der Waals surface area contributed by atoms with E-state index in [4.69, 9.17) is 9.47 Å². The van der Waals surface area contributed by atoms with Gasteiger partial charge in [-0.15, -0.1) is 0 Å². The lowest BCUT2D eigenvalue weighted by Crippen LogP contribution is -1.94. The Bertz CT molecular complexity index is 410. The quantitative estimate of drug-likeness (QED) is 0.430. The maximum atomic E-state index is 10.1. The van der Waals surface area contributed by atoms with Gasteiger partial charge >= 0.3 is 0 Å². The van der Waals surface area contributed by atoms with E-state index >= 15 is 0 Å². The Morgan fingerprint density at radius 3 is 2.88 bits per heavy atom. The smallest absolute Gasteiger partial charge is 0.231 e. The number of aryl methyl sites for hydroxylation is 1. The van der Waals surface area contributed by atoms with E-state index in [1.807, 2.05) is 12.1 Å². The van der Waals surface area contributed by atoms with Crippen molar-refractivity contribution in [1.82, 2.24) is 0 Å². The van der Waals surface area contributed by atoms with Crippen LogP contribution in [0.5, 0.6) is 11.5 Å². The van der Waals surface area contributed by atoms with E-state index in [9.17, 15) is 4.79 Å². The average molecular weight is 232 g/mol. The minimum atomic E-state index is 0.321. The lowest BCUT2D eigenvalue weighted by atomic mass is 10.1. The molecule has 90 valence electrons. The number of hydrogen-bond donors (Lipinski definition) is 0. The minimum absolute atomic E-state index is 0.321. The number of benzene rings is 1. The van der Waals surface area contributed by atoms with Crippen LogP contribution < -0.4 is 9.47 Å². The van der Waals surface area contributed by atoms with Crippen molar-refractivity contribution in [3.05, 3.63) is 35.9 Å². The molecule has 1 aliphatic rings. The predicted molar refractivity (Wildman–Crippen MR) is 65.3 cm³/mol. The molecule has 0 amide bonds. The van der Waals surface area contributed by atoms with Crippen LogP contribution in [0.15, 0.2) is 30.4 Å². The molecule has 3 nitrogen and oxygen atoms in total. The van der Waals surface area contributed by atoms with E-state index in [2.05, 4.69) is 18.2 Å². The Hall–Kier alpha value is -1.77. The van der Waals surface area contributed by atoms with Crippen LogP contribution in [-0.2, 0) is 11.2 Å². The third-order valence-electron chi connectivity index (χ3n) is 2.68. The zero-order valence-corrected chi connectivity index (χ0v) is 9.72.